The zero-order valence-corrected chi connectivity index (χ0v) is 15.3. The first-order valence-corrected chi connectivity index (χ1v) is 8.88. The van der Waals surface area contributed by atoms with E-state index >= 15 is 0 Å². The number of fused-ring (bicyclic) bond motifs is 1. The molecule has 0 amide bonds. The molecule has 3 rings (SSSR count). The Hall–Kier alpha value is -1.50. The van der Waals surface area contributed by atoms with Crippen molar-refractivity contribution in [1.82, 2.24) is 24.2 Å². The van der Waals surface area contributed by atoms with Crippen LogP contribution >= 0.6 is 0 Å². The van der Waals surface area contributed by atoms with Gasteiger partial charge in [-0.3, -0.25) is 14.2 Å². The van der Waals surface area contributed by atoms with Crippen LogP contribution in [0.1, 0.15) is 30.4 Å². The minimum absolute atomic E-state index is 0.605. The number of hydrogen-bond acceptors (Lipinski definition) is 5. The summed E-state index contributed by atoms with van der Waals surface area (Å²) < 4.78 is 7.33. The molecule has 1 aliphatic heterocycles. The van der Waals surface area contributed by atoms with Crippen molar-refractivity contribution >= 4 is 5.78 Å². The van der Waals surface area contributed by atoms with Crippen LogP contribution in [0.2, 0.25) is 0 Å². The van der Waals surface area contributed by atoms with E-state index in [0.29, 0.717) is 6.04 Å². The molecular weight excluding hydrogens is 302 g/mol. The SMILES string of the molecule is CC[C@H]1CN(Cc2cn3c(C)cc(C)nc3n2)CCN1CCOC. The van der Waals surface area contributed by atoms with Gasteiger partial charge >= 0.3 is 0 Å². The van der Waals surface area contributed by atoms with Gasteiger partial charge in [-0.15, -0.1) is 0 Å². The summed E-state index contributed by atoms with van der Waals surface area (Å²) in [5.41, 5.74) is 3.32. The Labute approximate surface area is 144 Å². The third kappa shape index (κ3) is 3.77. The smallest absolute Gasteiger partial charge is 0.234 e. The van der Waals surface area contributed by atoms with Crippen molar-refractivity contribution in [3.63, 3.8) is 0 Å². The average Bonchev–Trinajstić information content (AvgIpc) is 2.96. The second-order valence-electron chi connectivity index (χ2n) is 6.77. The summed E-state index contributed by atoms with van der Waals surface area (Å²) in [6.07, 6.45) is 3.31. The monoisotopic (exact) mass is 331 g/mol. The Kier molecular flexibility index (Phi) is 5.48. The maximum Gasteiger partial charge on any atom is 0.234 e. The summed E-state index contributed by atoms with van der Waals surface area (Å²) in [5.74, 6) is 0.813. The quantitative estimate of drug-likeness (QED) is 0.809. The summed E-state index contributed by atoms with van der Waals surface area (Å²) in [6, 6.07) is 2.70. The topological polar surface area (TPSA) is 45.9 Å². The molecule has 1 fully saturated rings. The predicted molar refractivity (Wildman–Crippen MR) is 95.3 cm³/mol. The Morgan fingerprint density at radius 3 is 2.83 bits per heavy atom. The molecule has 0 radical (unpaired) electrons. The largest absolute Gasteiger partial charge is 0.383 e. The van der Waals surface area contributed by atoms with Gasteiger partial charge in [-0.1, -0.05) is 6.92 Å². The lowest BCUT2D eigenvalue weighted by atomic mass is 10.1. The molecule has 132 valence electrons. The molecule has 2 aromatic rings. The zero-order chi connectivity index (χ0) is 17.1. The number of rotatable bonds is 6. The van der Waals surface area contributed by atoms with Crippen LogP contribution < -0.4 is 0 Å². The summed E-state index contributed by atoms with van der Waals surface area (Å²) in [6.45, 7) is 12.4. The average molecular weight is 331 g/mol. The predicted octanol–water partition coefficient (Wildman–Crippen LogP) is 1.89. The molecule has 0 spiro atoms. The molecule has 1 saturated heterocycles. The van der Waals surface area contributed by atoms with E-state index in [4.69, 9.17) is 9.72 Å². The number of methoxy groups -OCH3 is 1. The lowest BCUT2D eigenvalue weighted by Gasteiger charge is -2.40. The Morgan fingerprint density at radius 1 is 1.25 bits per heavy atom. The van der Waals surface area contributed by atoms with E-state index < -0.39 is 0 Å². The highest BCUT2D eigenvalue weighted by molar-refractivity contribution is 5.34. The molecule has 0 saturated carbocycles. The van der Waals surface area contributed by atoms with Crippen molar-refractivity contribution in [3.8, 4) is 0 Å². The van der Waals surface area contributed by atoms with Crippen molar-refractivity contribution in [2.24, 2.45) is 0 Å². The Morgan fingerprint density at radius 2 is 2.08 bits per heavy atom. The van der Waals surface area contributed by atoms with Crippen molar-refractivity contribution in [3.05, 3.63) is 29.3 Å². The van der Waals surface area contributed by atoms with Gasteiger partial charge in [0.25, 0.3) is 0 Å². The van der Waals surface area contributed by atoms with Gasteiger partial charge in [0.15, 0.2) is 0 Å². The molecule has 3 heterocycles. The highest BCUT2D eigenvalue weighted by Crippen LogP contribution is 2.16. The fourth-order valence-electron chi connectivity index (χ4n) is 3.61. The highest BCUT2D eigenvalue weighted by Gasteiger charge is 2.25. The molecule has 0 aromatic carbocycles. The van der Waals surface area contributed by atoms with E-state index in [0.717, 1.165) is 56.5 Å². The van der Waals surface area contributed by atoms with Crippen LogP contribution in [0.15, 0.2) is 12.3 Å². The van der Waals surface area contributed by atoms with E-state index in [-0.39, 0.29) is 0 Å². The summed E-state index contributed by atoms with van der Waals surface area (Å²) >= 11 is 0. The Balaban J connectivity index is 1.67. The minimum atomic E-state index is 0.605. The first kappa shape index (κ1) is 17.3. The van der Waals surface area contributed by atoms with E-state index in [9.17, 15) is 0 Å². The second kappa shape index (κ2) is 7.59. The van der Waals surface area contributed by atoms with Gasteiger partial charge in [0, 0.05) is 63.5 Å². The number of hydrogen-bond donors (Lipinski definition) is 0. The maximum absolute atomic E-state index is 5.24. The van der Waals surface area contributed by atoms with Crippen molar-refractivity contribution in [2.75, 3.05) is 39.9 Å². The molecular formula is C18H29N5O. The molecule has 0 unspecified atom stereocenters. The molecule has 6 heteroatoms. The number of ether oxygens (including phenoxy) is 1. The van der Waals surface area contributed by atoms with Crippen LogP contribution in [0.4, 0.5) is 0 Å². The first-order valence-electron chi connectivity index (χ1n) is 8.88. The third-order valence-electron chi connectivity index (χ3n) is 4.94. The molecule has 1 atom stereocenters. The van der Waals surface area contributed by atoms with E-state index in [1.165, 1.54) is 12.1 Å². The van der Waals surface area contributed by atoms with Gasteiger partial charge in [-0.25, -0.2) is 9.97 Å². The van der Waals surface area contributed by atoms with Gasteiger partial charge in [-0.2, -0.15) is 0 Å². The highest BCUT2D eigenvalue weighted by atomic mass is 16.5. The normalized spacial score (nSPS) is 20.1. The van der Waals surface area contributed by atoms with Crippen molar-refractivity contribution in [1.29, 1.82) is 0 Å². The lowest BCUT2D eigenvalue weighted by molar-refractivity contribution is 0.0461. The van der Waals surface area contributed by atoms with Crippen LogP contribution in [0.3, 0.4) is 0 Å². The fraction of sp³-hybridized carbons (Fsp3) is 0.667. The molecule has 0 bridgehead atoms. The Bertz CT molecular complexity index is 683. The molecule has 6 nitrogen and oxygen atoms in total. The van der Waals surface area contributed by atoms with E-state index in [1.54, 1.807) is 7.11 Å². The van der Waals surface area contributed by atoms with Gasteiger partial charge in [0.2, 0.25) is 5.78 Å². The number of nitrogens with zero attached hydrogens (tertiary/aromatic N) is 5. The summed E-state index contributed by atoms with van der Waals surface area (Å²) in [7, 11) is 1.78. The maximum atomic E-state index is 5.24. The van der Waals surface area contributed by atoms with Crippen molar-refractivity contribution < 1.29 is 4.74 Å². The van der Waals surface area contributed by atoms with Crippen LogP contribution in [-0.4, -0.2) is 70.1 Å². The number of aryl methyl sites for hydroxylation is 2. The van der Waals surface area contributed by atoms with Crippen LogP contribution in [0, 0.1) is 13.8 Å². The van der Waals surface area contributed by atoms with Gasteiger partial charge in [0.05, 0.1) is 12.3 Å². The summed E-state index contributed by atoms with van der Waals surface area (Å²) in [5, 5.41) is 0. The summed E-state index contributed by atoms with van der Waals surface area (Å²) in [4.78, 5) is 14.3. The lowest BCUT2D eigenvalue weighted by Crippen LogP contribution is -2.53. The van der Waals surface area contributed by atoms with Gasteiger partial charge in [0.1, 0.15) is 0 Å². The minimum Gasteiger partial charge on any atom is -0.383 e. The van der Waals surface area contributed by atoms with Gasteiger partial charge < -0.3 is 4.74 Å². The molecule has 24 heavy (non-hydrogen) atoms. The van der Waals surface area contributed by atoms with E-state index in [2.05, 4.69) is 45.3 Å². The fourth-order valence-corrected chi connectivity index (χ4v) is 3.61. The second-order valence-corrected chi connectivity index (χ2v) is 6.77. The number of piperazine rings is 1. The molecule has 2 aromatic heterocycles. The zero-order valence-electron chi connectivity index (χ0n) is 15.3. The molecule has 0 aliphatic carbocycles. The third-order valence-corrected chi connectivity index (χ3v) is 4.94. The van der Waals surface area contributed by atoms with Gasteiger partial charge in [-0.05, 0) is 26.3 Å². The van der Waals surface area contributed by atoms with Crippen molar-refractivity contribution in [2.45, 2.75) is 39.8 Å². The molecule has 1 aliphatic rings. The molecule has 0 N–H and O–H groups in total. The van der Waals surface area contributed by atoms with Crippen LogP contribution in [-0.2, 0) is 11.3 Å². The number of aromatic nitrogens is 3. The van der Waals surface area contributed by atoms with Crippen LogP contribution in [0.5, 0.6) is 0 Å². The number of imidazole rings is 1. The standard InChI is InChI=1S/C18H29N5O/c1-5-17-13-21(6-7-22(17)8-9-24-4)11-16-12-23-15(3)10-14(2)19-18(23)20-16/h10,12,17H,5-9,11,13H2,1-4H3/t17-/m0/s1. The van der Waals surface area contributed by atoms with Crippen LogP contribution in [0.25, 0.3) is 5.78 Å². The van der Waals surface area contributed by atoms with E-state index in [1.807, 2.05) is 6.92 Å². The first-order chi connectivity index (χ1) is 11.6.